The van der Waals surface area contributed by atoms with Crippen LogP contribution in [-0.4, -0.2) is 63.0 Å². The Morgan fingerprint density at radius 1 is 1.21 bits per heavy atom. The third kappa shape index (κ3) is 4.70. The molecule has 0 atom stereocenters. The van der Waals surface area contributed by atoms with Crippen LogP contribution in [0.25, 0.3) is 11.2 Å². The van der Waals surface area contributed by atoms with Crippen molar-refractivity contribution in [2.24, 2.45) is 0 Å². The molecule has 2 aliphatic rings. The number of pyridine rings is 2. The molecule has 1 amide bonds. The van der Waals surface area contributed by atoms with Crippen LogP contribution in [0.2, 0.25) is 0 Å². The number of hydrogen-bond donors (Lipinski definition) is 2. The number of aromatic nitrogens is 4. The van der Waals surface area contributed by atoms with Crippen LogP contribution in [0.3, 0.4) is 0 Å². The number of H-pyrrole nitrogens is 1. The van der Waals surface area contributed by atoms with Crippen LogP contribution in [-0.2, 0) is 13.0 Å². The van der Waals surface area contributed by atoms with Crippen molar-refractivity contribution >= 4 is 22.8 Å². The van der Waals surface area contributed by atoms with E-state index in [-0.39, 0.29) is 23.2 Å². The molecule has 2 N–H and O–H groups in total. The summed E-state index contributed by atoms with van der Waals surface area (Å²) in [4.78, 5) is 43.8. The average molecular weight is 452 g/mol. The molecule has 0 radical (unpaired) electrons. The van der Waals surface area contributed by atoms with Gasteiger partial charge in [-0.05, 0) is 43.0 Å². The summed E-state index contributed by atoms with van der Waals surface area (Å²) in [6.45, 7) is 5.34. The molecular weight excluding hydrogens is 425 g/mol. The van der Waals surface area contributed by atoms with Gasteiger partial charge >= 0.3 is 0 Å². The van der Waals surface area contributed by atoms with Gasteiger partial charge in [-0.1, -0.05) is 6.92 Å². The molecule has 1 saturated heterocycles. The van der Waals surface area contributed by atoms with E-state index in [2.05, 4.69) is 30.2 Å². The molecular formula is C23H26FN7O2. The fraction of sp³-hybridized carbons (Fsp3) is 0.435. The number of carbonyl (C=O) groups is 1. The molecule has 33 heavy (non-hydrogen) atoms. The lowest BCUT2D eigenvalue weighted by molar-refractivity contribution is 0.0945. The summed E-state index contributed by atoms with van der Waals surface area (Å²) in [5.41, 5.74) is 2.99. The Hall–Kier alpha value is -3.40. The predicted molar refractivity (Wildman–Crippen MR) is 122 cm³/mol. The van der Waals surface area contributed by atoms with Crippen molar-refractivity contribution in [2.75, 3.05) is 31.1 Å². The van der Waals surface area contributed by atoms with Crippen LogP contribution in [0.1, 0.15) is 41.5 Å². The number of nitrogens with one attached hydrogen (secondary N) is 2. The van der Waals surface area contributed by atoms with E-state index >= 15 is 0 Å². The number of halogens is 1. The number of fused-ring (bicyclic) bond motifs is 1. The topological polar surface area (TPSA) is 107 Å². The highest BCUT2D eigenvalue weighted by Crippen LogP contribution is 2.22. The second-order valence-electron chi connectivity index (χ2n) is 8.60. The highest BCUT2D eigenvalue weighted by Gasteiger charge is 2.26. The molecule has 1 aliphatic heterocycles. The van der Waals surface area contributed by atoms with Crippen LogP contribution in [0.15, 0.2) is 29.2 Å². The molecule has 4 heterocycles. The first-order chi connectivity index (χ1) is 16.0. The maximum absolute atomic E-state index is 14.6. The molecule has 5 rings (SSSR count). The second kappa shape index (κ2) is 8.86. The molecule has 9 nitrogen and oxygen atoms in total. The maximum atomic E-state index is 14.6. The highest BCUT2D eigenvalue weighted by molar-refractivity contribution is 5.92. The lowest BCUT2D eigenvalue weighted by Crippen LogP contribution is -2.46. The van der Waals surface area contributed by atoms with Crippen molar-refractivity contribution in [3.63, 3.8) is 0 Å². The van der Waals surface area contributed by atoms with Gasteiger partial charge in [-0.2, -0.15) is 4.39 Å². The Bertz CT molecular complexity index is 1250. The second-order valence-corrected chi connectivity index (χ2v) is 8.60. The first kappa shape index (κ1) is 21.4. The van der Waals surface area contributed by atoms with Gasteiger partial charge < -0.3 is 15.2 Å². The maximum Gasteiger partial charge on any atom is 0.270 e. The molecule has 1 aliphatic carbocycles. The number of anilines is 1. The quantitative estimate of drug-likeness (QED) is 0.549. The van der Waals surface area contributed by atoms with Crippen LogP contribution in [0.4, 0.5) is 10.1 Å². The molecule has 0 aromatic carbocycles. The van der Waals surface area contributed by atoms with E-state index in [4.69, 9.17) is 0 Å². The zero-order chi connectivity index (χ0) is 22.9. The van der Waals surface area contributed by atoms with Gasteiger partial charge in [-0.3, -0.25) is 14.5 Å². The van der Waals surface area contributed by atoms with Crippen molar-refractivity contribution in [3.8, 4) is 0 Å². The van der Waals surface area contributed by atoms with Crippen LogP contribution >= 0.6 is 0 Å². The number of piperazine rings is 1. The van der Waals surface area contributed by atoms with Gasteiger partial charge in [0.05, 0.1) is 11.2 Å². The Kier molecular flexibility index (Phi) is 5.76. The minimum absolute atomic E-state index is 0.115. The van der Waals surface area contributed by atoms with E-state index < -0.39 is 5.95 Å². The predicted octanol–water partition coefficient (Wildman–Crippen LogP) is 1.63. The Morgan fingerprint density at radius 3 is 2.70 bits per heavy atom. The molecule has 2 fully saturated rings. The number of rotatable bonds is 6. The molecule has 1 saturated carbocycles. The Morgan fingerprint density at radius 2 is 2.00 bits per heavy atom. The van der Waals surface area contributed by atoms with Crippen molar-refractivity contribution in [1.29, 1.82) is 0 Å². The summed E-state index contributed by atoms with van der Waals surface area (Å²) < 4.78 is 14.6. The van der Waals surface area contributed by atoms with Crippen molar-refractivity contribution in [2.45, 2.75) is 38.8 Å². The van der Waals surface area contributed by atoms with Crippen LogP contribution in [0.5, 0.6) is 0 Å². The summed E-state index contributed by atoms with van der Waals surface area (Å²) in [5, 5.41) is 2.83. The number of carbonyl (C=O) groups excluding carboxylic acids is 1. The van der Waals surface area contributed by atoms with E-state index in [1.54, 1.807) is 18.3 Å². The number of aryl methyl sites for hydroxylation is 1. The lowest BCUT2D eigenvalue weighted by Gasteiger charge is -2.36. The smallest absolute Gasteiger partial charge is 0.270 e. The SMILES string of the molecule is CCc1nc2ncc(CN3CCN(c4ccc(C(=O)NC5CC5)nc4F)CC3)cc2[nH]c1=O. The number of hydrogen-bond acceptors (Lipinski definition) is 7. The minimum atomic E-state index is -0.617. The summed E-state index contributed by atoms with van der Waals surface area (Å²) in [6.07, 6.45) is 4.29. The lowest BCUT2D eigenvalue weighted by atomic mass is 10.2. The van der Waals surface area contributed by atoms with Gasteiger partial charge in [0.1, 0.15) is 11.4 Å². The van der Waals surface area contributed by atoms with E-state index in [0.29, 0.717) is 48.6 Å². The fourth-order valence-electron chi connectivity index (χ4n) is 4.06. The molecule has 172 valence electrons. The van der Waals surface area contributed by atoms with Crippen molar-refractivity contribution in [3.05, 3.63) is 57.6 Å². The number of amides is 1. The van der Waals surface area contributed by atoms with Gasteiger partial charge in [-0.25, -0.2) is 15.0 Å². The van der Waals surface area contributed by atoms with E-state index in [9.17, 15) is 14.0 Å². The highest BCUT2D eigenvalue weighted by atomic mass is 19.1. The molecule has 0 bridgehead atoms. The zero-order valence-electron chi connectivity index (χ0n) is 18.5. The fourth-order valence-corrected chi connectivity index (χ4v) is 4.06. The normalized spacial score (nSPS) is 16.8. The standard InChI is InChI=1S/C23H26FN7O2/c1-2-16-22(32)29-18-11-14(12-25-21(18)28-16)13-30-7-9-31(10-8-30)19-6-5-17(27-20(19)24)23(33)26-15-3-4-15/h5-6,11-12,15H,2-4,7-10,13H2,1H3,(H,26,33)(H,29,32). The summed E-state index contributed by atoms with van der Waals surface area (Å²) in [5.74, 6) is -0.937. The summed E-state index contributed by atoms with van der Waals surface area (Å²) >= 11 is 0. The van der Waals surface area contributed by atoms with E-state index in [1.807, 2.05) is 17.9 Å². The van der Waals surface area contributed by atoms with Crippen LogP contribution < -0.4 is 15.8 Å². The Labute approximate surface area is 190 Å². The largest absolute Gasteiger partial charge is 0.365 e. The van der Waals surface area contributed by atoms with Crippen molar-refractivity contribution in [1.82, 2.24) is 30.2 Å². The van der Waals surface area contributed by atoms with Crippen LogP contribution in [0, 0.1) is 5.95 Å². The molecule has 3 aromatic heterocycles. The average Bonchev–Trinajstić information content (AvgIpc) is 3.63. The summed E-state index contributed by atoms with van der Waals surface area (Å²) in [6, 6.07) is 5.35. The number of aromatic amines is 1. The van der Waals surface area contributed by atoms with Gasteiger partial charge in [-0.15, -0.1) is 0 Å². The monoisotopic (exact) mass is 451 g/mol. The first-order valence-electron chi connectivity index (χ1n) is 11.3. The van der Waals surface area contributed by atoms with E-state index in [1.165, 1.54) is 0 Å². The molecule has 10 heteroatoms. The van der Waals surface area contributed by atoms with Gasteiger partial charge in [0.2, 0.25) is 5.95 Å². The Balaban J connectivity index is 1.21. The third-order valence-corrected chi connectivity index (χ3v) is 6.10. The minimum Gasteiger partial charge on any atom is -0.365 e. The molecule has 3 aromatic rings. The van der Waals surface area contributed by atoms with Gasteiger partial charge in [0.15, 0.2) is 5.65 Å². The van der Waals surface area contributed by atoms with Gasteiger partial charge in [0, 0.05) is 45.0 Å². The number of nitrogens with zero attached hydrogens (tertiary/aromatic N) is 5. The molecule has 0 spiro atoms. The summed E-state index contributed by atoms with van der Waals surface area (Å²) in [7, 11) is 0. The van der Waals surface area contributed by atoms with Crippen molar-refractivity contribution < 1.29 is 9.18 Å². The first-order valence-corrected chi connectivity index (χ1v) is 11.3. The zero-order valence-corrected chi connectivity index (χ0v) is 18.5. The van der Waals surface area contributed by atoms with E-state index in [0.717, 1.165) is 31.5 Å². The third-order valence-electron chi connectivity index (χ3n) is 6.10. The van der Waals surface area contributed by atoms with Gasteiger partial charge in [0.25, 0.3) is 11.5 Å². The molecule has 0 unspecified atom stereocenters.